The summed E-state index contributed by atoms with van der Waals surface area (Å²) in [5.41, 5.74) is 3.65. The number of para-hydroxylation sites is 1. The minimum Gasteiger partial charge on any atom is -0.478 e. The number of carbonyl (C=O) groups is 1. The number of anilines is 1. The molecular formula is C19H16ClNO2. The maximum atomic E-state index is 11.0. The van der Waals surface area contributed by atoms with Crippen LogP contribution < -0.4 is 5.32 Å². The molecule has 2 aromatic carbocycles. The van der Waals surface area contributed by atoms with Crippen LogP contribution in [0.25, 0.3) is 0 Å². The van der Waals surface area contributed by atoms with E-state index < -0.39 is 5.97 Å². The molecule has 2 N–H and O–H groups in total. The fraction of sp³-hybridized carbons (Fsp3) is 0.211. The molecule has 0 saturated heterocycles. The van der Waals surface area contributed by atoms with Gasteiger partial charge in [0, 0.05) is 5.92 Å². The molecule has 4 rings (SSSR count). The molecule has 2 aromatic rings. The van der Waals surface area contributed by atoms with Gasteiger partial charge in [0.15, 0.2) is 0 Å². The fourth-order valence-electron chi connectivity index (χ4n) is 3.75. The van der Waals surface area contributed by atoms with Gasteiger partial charge in [-0.3, -0.25) is 0 Å². The Hall–Kier alpha value is -2.26. The first-order valence-electron chi connectivity index (χ1n) is 7.70. The first-order chi connectivity index (χ1) is 11.1. The van der Waals surface area contributed by atoms with Gasteiger partial charge in [-0.1, -0.05) is 48.0 Å². The van der Waals surface area contributed by atoms with E-state index in [1.54, 1.807) is 12.1 Å². The van der Waals surface area contributed by atoms with E-state index in [0.717, 1.165) is 22.7 Å². The minimum atomic E-state index is -0.901. The van der Waals surface area contributed by atoms with Gasteiger partial charge in [-0.25, -0.2) is 4.79 Å². The van der Waals surface area contributed by atoms with Crippen LogP contribution in [0.5, 0.6) is 0 Å². The quantitative estimate of drug-likeness (QED) is 0.775. The normalized spacial score (nSPS) is 24.7. The lowest BCUT2D eigenvalue weighted by Crippen LogP contribution is -2.29. The van der Waals surface area contributed by atoms with E-state index in [0.29, 0.717) is 17.4 Å². The fourth-order valence-corrected chi connectivity index (χ4v) is 3.98. The number of halogens is 1. The van der Waals surface area contributed by atoms with Gasteiger partial charge in [-0.15, -0.1) is 0 Å². The zero-order valence-electron chi connectivity index (χ0n) is 12.4. The predicted octanol–water partition coefficient (Wildman–Crippen LogP) is 4.86. The van der Waals surface area contributed by atoms with Gasteiger partial charge in [0.25, 0.3) is 0 Å². The van der Waals surface area contributed by atoms with Crippen LogP contribution in [0.15, 0.2) is 54.6 Å². The highest BCUT2D eigenvalue weighted by Gasteiger charge is 2.38. The molecule has 0 amide bonds. The summed E-state index contributed by atoms with van der Waals surface area (Å²) < 4.78 is 0. The van der Waals surface area contributed by atoms with Crippen LogP contribution in [0, 0.1) is 5.92 Å². The topological polar surface area (TPSA) is 49.3 Å². The van der Waals surface area contributed by atoms with Crippen LogP contribution in [-0.4, -0.2) is 11.1 Å². The van der Waals surface area contributed by atoms with Gasteiger partial charge in [0.2, 0.25) is 0 Å². The minimum absolute atomic E-state index is 0.130. The van der Waals surface area contributed by atoms with Crippen LogP contribution in [0.3, 0.4) is 0 Å². The van der Waals surface area contributed by atoms with Crippen molar-refractivity contribution < 1.29 is 9.90 Å². The average molecular weight is 326 g/mol. The number of carboxylic acid groups (broad SMARTS) is 1. The number of hydrogen-bond acceptors (Lipinski definition) is 2. The van der Waals surface area contributed by atoms with Crippen molar-refractivity contribution in [2.45, 2.75) is 18.4 Å². The molecule has 3 nitrogen and oxygen atoms in total. The molecule has 1 aliphatic heterocycles. The lowest BCUT2D eigenvalue weighted by Gasteiger charge is -2.38. The third kappa shape index (κ3) is 2.32. The summed E-state index contributed by atoms with van der Waals surface area (Å²) in [5, 5.41) is 13.4. The number of nitrogens with one attached hydrogen (secondary N) is 1. The Morgan fingerprint density at radius 3 is 2.70 bits per heavy atom. The Kier molecular flexibility index (Phi) is 3.38. The Morgan fingerprint density at radius 1 is 1.17 bits per heavy atom. The highest BCUT2D eigenvalue weighted by Crippen LogP contribution is 2.51. The zero-order valence-corrected chi connectivity index (χ0v) is 13.1. The number of benzene rings is 2. The molecule has 116 valence electrons. The van der Waals surface area contributed by atoms with Crippen molar-refractivity contribution in [2.24, 2.45) is 5.92 Å². The third-order valence-electron chi connectivity index (χ3n) is 4.86. The molecule has 0 radical (unpaired) electrons. The third-order valence-corrected chi connectivity index (χ3v) is 5.18. The van der Waals surface area contributed by atoms with E-state index in [1.165, 1.54) is 5.56 Å². The van der Waals surface area contributed by atoms with E-state index >= 15 is 0 Å². The molecule has 0 spiro atoms. The molecule has 23 heavy (non-hydrogen) atoms. The van der Waals surface area contributed by atoms with Crippen molar-refractivity contribution in [1.29, 1.82) is 0 Å². The van der Waals surface area contributed by atoms with E-state index in [-0.39, 0.29) is 6.04 Å². The molecule has 0 fully saturated rings. The number of rotatable bonds is 2. The molecule has 3 atom stereocenters. The van der Waals surface area contributed by atoms with Gasteiger partial charge in [0.1, 0.15) is 0 Å². The maximum Gasteiger partial charge on any atom is 0.335 e. The number of carboxylic acids is 1. The van der Waals surface area contributed by atoms with Crippen molar-refractivity contribution in [3.05, 3.63) is 76.3 Å². The van der Waals surface area contributed by atoms with Crippen LogP contribution in [-0.2, 0) is 0 Å². The first kappa shape index (κ1) is 14.3. The standard InChI is InChI=1S/C19H16ClNO2/c20-16-6-2-5-15-13-3-1-4-14(13)17(21-18(15)16)11-7-9-12(10-8-11)19(22)23/h1-3,5-10,13-14,17,21H,4H2,(H,22,23)/t13-,14+,17+/m1/s1. The SMILES string of the molecule is O=C(O)c1ccc([C@@H]2Nc3c(Cl)cccc3[C@@H]3C=CC[C@@H]32)cc1. The summed E-state index contributed by atoms with van der Waals surface area (Å²) in [6.07, 6.45) is 5.50. The van der Waals surface area contributed by atoms with Gasteiger partial charge >= 0.3 is 5.97 Å². The Bertz CT molecular complexity index is 798. The Labute approximate surface area is 139 Å². The average Bonchev–Trinajstić information content (AvgIpc) is 3.04. The van der Waals surface area contributed by atoms with Crippen molar-refractivity contribution >= 4 is 23.3 Å². The van der Waals surface area contributed by atoms with Crippen LogP contribution in [0.1, 0.15) is 39.9 Å². The molecule has 1 heterocycles. The lowest BCUT2D eigenvalue weighted by molar-refractivity contribution is 0.0697. The summed E-state index contributed by atoms with van der Waals surface area (Å²) in [6, 6.07) is 13.3. The highest BCUT2D eigenvalue weighted by atomic mass is 35.5. The van der Waals surface area contributed by atoms with Crippen LogP contribution in [0.4, 0.5) is 5.69 Å². The molecular weight excluding hydrogens is 310 g/mol. The molecule has 4 heteroatoms. The van der Waals surface area contributed by atoms with Gasteiger partial charge in [-0.05, 0) is 41.7 Å². The Morgan fingerprint density at radius 2 is 1.96 bits per heavy atom. The monoisotopic (exact) mass is 325 g/mol. The lowest BCUT2D eigenvalue weighted by atomic mass is 9.77. The summed E-state index contributed by atoms with van der Waals surface area (Å²) >= 11 is 6.39. The van der Waals surface area contributed by atoms with Crippen molar-refractivity contribution in [3.8, 4) is 0 Å². The second-order valence-corrected chi connectivity index (χ2v) is 6.51. The summed E-state index contributed by atoms with van der Waals surface area (Å²) in [5.74, 6) is -0.118. The summed E-state index contributed by atoms with van der Waals surface area (Å²) in [6.45, 7) is 0. The first-order valence-corrected chi connectivity index (χ1v) is 8.08. The van der Waals surface area contributed by atoms with Gasteiger partial charge in [-0.2, -0.15) is 0 Å². The molecule has 1 aliphatic carbocycles. The van der Waals surface area contributed by atoms with Crippen molar-refractivity contribution in [2.75, 3.05) is 5.32 Å². The summed E-state index contributed by atoms with van der Waals surface area (Å²) in [4.78, 5) is 11.0. The molecule has 0 saturated carbocycles. The Balaban J connectivity index is 1.75. The van der Waals surface area contributed by atoms with Crippen molar-refractivity contribution in [3.63, 3.8) is 0 Å². The molecule has 0 aromatic heterocycles. The van der Waals surface area contributed by atoms with E-state index in [1.807, 2.05) is 24.3 Å². The predicted molar refractivity (Wildman–Crippen MR) is 91.2 cm³/mol. The van der Waals surface area contributed by atoms with Crippen LogP contribution in [0.2, 0.25) is 5.02 Å². The largest absolute Gasteiger partial charge is 0.478 e. The number of aromatic carboxylic acids is 1. The maximum absolute atomic E-state index is 11.0. The highest BCUT2D eigenvalue weighted by molar-refractivity contribution is 6.33. The van der Waals surface area contributed by atoms with Crippen LogP contribution >= 0.6 is 11.6 Å². The zero-order chi connectivity index (χ0) is 16.0. The molecule has 0 unspecified atom stereocenters. The number of allylic oxidation sites excluding steroid dienone is 2. The van der Waals surface area contributed by atoms with Gasteiger partial charge in [0.05, 0.1) is 22.3 Å². The number of hydrogen-bond donors (Lipinski definition) is 2. The van der Waals surface area contributed by atoms with E-state index in [2.05, 4.69) is 23.5 Å². The second-order valence-electron chi connectivity index (χ2n) is 6.11. The van der Waals surface area contributed by atoms with E-state index in [4.69, 9.17) is 16.7 Å². The summed E-state index contributed by atoms with van der Waals surface area (Å²) in [7, 11) is 0. The second kappa shape index (κ2) is 5.43. The smallest absolute Gasteiger partial charge is 0.335 e. The molecule has 2 aliphatic rings. The van der Waals surface area contributed by atoms with Crippen molar-refractivity contribution in [1.82, 2.24) is 0 Å². The van der Waals surface area contributed by atoms with E-state index in [9.17, 15) is 4.79 Å². The van der Waals surface area contributed by atoms with Gasteiger partial charge < -0.3 is 10.4 Å². The molecule has 0 bridgehead atoms. The number of fused-ring (bicyclic) bond motifs is 3.